The Balaban J connectivity index is 1.61. The zero-order valence-corrected chi connectivity index (χ0v) is 17.0. The summed E-state index contributed by atoms with van der Waals surface area (Å²) in [6, 6.07) is 14.9. The molecule has 2 aromatic heterocycles. The lowest BCUT2D eigenvalue weighted by Crippen LogP contribution is -2.23. The van der Waals surface area contributed by atoms with E-state index in [1.165, 1.54) is 11.3 Å². The van der Waals surface area contributed by atoms with Gasteiger partial charge in [0.15, 0.2) is 5.13 Å². The van der Waals surface area contributed by atoms with Gasteiger partial charge in [-0.3, -0.25) is 9.59 Å². The number of nitrogens with one attached hydrogen (secondary N) is 1. The lowest BCUT2D eigenvalue weighted by Gasteiger charge is -2.09. The van der Waals surface area contributed by atoms with Crippen LogP contribution in [0.5, 0.6) is 0 Å². The van der Waals surface area contributed by atoms with Crippen molar-refractivity contribution >= 4 is 33.8 Å². The van der Waals surface area contributed by atoms with E-state index in [9.17, 15) is 9.59 Å². The monoisotopic (exact) mass is 404 g/mol. The summed E-state index contributed by atoms with van der Waals surface area (Å²) in [5.74, 6) is 0.506. The Morgan fingerprint density at radius 3 is 2.76 bits per heavy atom. The van der Waals surface area contributed by atoms with Gasteiger partial charge < -0.3 is 5.32 Å². The standard InChI is InChI=1S/C22H20N4O2S/c1-3-19-25-18-10-5-4-9-17(18)21(28)26(19)22-24-16(13-29-22)12-20(27)23-15-8-6-7-14(2)11-15/h4-11,13H,3,12H2,1-2H3,(H,23,27). The average molecular weight is 404 g/mol. The molecule has 1 N–H and O–H groups in total. The van der Waals surface area contributed by atoms with Gasteiger partial charge in [-0.25, -0.2) is 14.5 Å². The number of fused-ring (bicyclic) bond motifs is 1. The molecule has 0 saturated carbocycles. The molecular formula is C22H20N4O2S. The van der Waals surface area contributed by atoms with Crippen LogP contribution in [0.3, 0.4) is 0 Å². The molecule has 0 aliphatic carbocycles. The predicted molar refractivity (Wildman–Crippen MR) is 116 cm³/mol. The first kappa shape index (κ1) is 19.0. The highest BCUT2D eigenvalue weighted by atomic mass is 32.1. The number of anilines is 1. The molecule has 0 atom stereocenters. The zero-order chi connectivity index (χ0) is 20.4. The minimum absolute atomic E-state index is 0.141. The highest BCUT2D eigenvalue weighted by Gasteiger charge is 2.15. The summed E-state index contributed by atoms with van der Waals surface area (Å²) in [6.07, 6.45) is 0.741. The number of hydrogen-bond acceptors (Lipinski definition) is 5. The van der Waals surface area contributed by atoms with Crippen LogP contribution in [-0.4, -0.2) is 20.4 Å². The van der Waals surface area contributed by atoms with Crippen molar-refractivity contribution in [3.05, 3.63) is 81.3 Å². The van der Waals surface area contributed by atoms with Gasteiger partial charge in [0.25, 0.3) is 5.56 Å². The minimum Gasteiger partial charge on any atom is -0.326 e. The third-order valence-corrected chi connectivity index (χ3v) is 5.41. The molecule has 0 bridgehead atoms. The molecule has 4 aromatic rings. The van der Waals surface area contributed by atoms with Gasteiger partial charge in [-0.05, 0) is 36.8 Å². The molecule has 29 heavy (non-hydrogen) atoms. The van der Waals surface area contributed by atoms with E-state index in [-0.39, 0.29) is 17.9 Å². The molecule has 0 unspecified atom stereocenters. The van der Waals surface area contributed by atoms with Crippen molar-refractivity contribution in [2.75, 3.05) is 5.32 Å². The highest BCUT2D eigenvalue weighted by molar-refractivity contribution is 7.12. The lowest BCUT2D eigenvalue weighted by atomic mass is 10.2. The van der Waals surface area contributed by atoms with E-state index in [0.717, 1.165) is 11.3 Å². The Morgan fingerprint density at radius 2 is 1.97 bits per heavy atom. The lowest BCUT2D eigenvalue weighted by molar-refractivity contribution is -0.115. The van der Waals surface area contributed by atoms with Crippen molar-refractivity contribution in [2.24, 2.45) is 0 Å². The molecule has 2 aromatic carbocycles. The Morgan fingerprint density at radius 1 is 1.14 bits per heavy atom. The topological polar surface area (TPSA) is 76.9 Å². The highest BCUT2D eigenvalue weighted by Crippen LogP contribution is 2.18. The van der Waals surface area contributed by atoms with Crippen molar-refractivity contribution in [1.29, 1.82) is 0 Å². The normalized spacial score (nSPS) is 11.0. The van der Waals surface area contributed by atoms with Gasteiger partial charge in [-0.1, -0.05) is 31.2 Å². The van der Waals surface area contributed by atoms with Gasteiger partial charge in [-0.2, -0.15) is 0 Å². The maximum atomic E-state index is 13.0. The van der Waals surface area contributed by atoms with E-state index in [2.05, 4.69) is 15.3 Å². The van der Waals surface area contributed by atoms with Crippen LogP contribution in [0.4, 0.5) is 5.69 Å². The molecule has 0 fully saturated rings. The second-order valence-corrected chi connectivity index (χ2v) is 7.59. The molecule has 6 nitrogen and oxygen atoms in total. The van der Waals surface area contributed by atoms with E-state index in [0.29, 0.717) is 34.0 Å². The number of amides is 1. The second kappa shape index (κ2) is 7.97. The molecule has 1 amide bonds. The number of hydrogen-bond donors (Lipinski definition) is 1. The largest absolute Gasteiger partial charge is 0.326 e. The van der Waals surface area contributed by atoms with Crippen LogP contribution in [0, 0.1) is 6.92 Å². The van der Waals surface area contributed by atoms with Crippen molar-refractivity contribution in [2.45, 2.75) is 26.7 Å². The zero-order valence-electron chi connectivity index (χ0n) is 16.2. The summed E-state index contributed by atoms with van der Waals surface area (Å²) in [5, 5.41) is 5.78. The average Bonchev–Trinajstić information content (AvgIpc) is 3.15. The van der Waals surface area contributed by atoms with Crippen LogP contribution in [-0.2, 0) is 17.6 Å². The molecule has 7 heteroatoms. The van der Waals surface area contributed by atoms with Crippen molar-refractivity contribution in [3.8, 4) is 5.13 Å². The predicted octanol–water partition coefficient (Wildman–Crippen LogP) is 3.89. The van der Waals surface area contributed by atoms with Gasteiger partial charge in [0.05, 0.1) is 23.0 Å². The van der Waals surface area contributed by atoms with E-state index in [1.54, 1.807) is 10.6 Å². The summed E-state index contributed by atoms with van der Waals surface area (Å²) in [5.41, 5.74) is 3.00. The second-order valence-electron chi connectivity index (χ2n) is 6.76. The maximum absolute atomic E-state index is 13.0. The number of aryl methyl sites for hydroxylation is 2. The van der Waals surface area contributed by atoms with E-state index < -0.39 is 0 Å². The number of carbonyl (C=O) groups is 1. The maximum Gasteiger partial charge on any atom is 0.267 e. The molecular weight excluding hydrogens is 384 g/mol. The number of benzene rings is 2. The van der Waals surface area contributed by atoms with E-state index in [4.69, 9.17) is 0 Å². The summed E-state index contributed by atoms with van der Waals surface area (Å²) >= 11 is 1.34. The van der Waals surface area contributed by atoms with Gasteiger partial charge in [0, 0.05) is 17.5 Å². The molecule has 0 aliphatic heterocycles. The smallest absolute Gasteiger partial charge is 0.267 e. The third-order valence-electron chi connectivity index (χ3n) is 4.54. The van der Waals surface area contributed by atoms with E-state index >= 15 is 0 Å². The van der Waals surface area contributed by atoms with Crippen LogP contribution in [0.1, 0.15) is 24.0 Å². The quantitative estimate of drug-likeness (QED) is 0.547. The molecule has 0 aliphatic rings. The summed E-state index contributed by atoms with van der Waals surface area (Å²) in [7, 11) is 0. The Bertz CT molecular complexity index is 1260. The fourth-order valence-corrected chi connectivity index (χ4v) is 4.03. The molecule has 0 spiro atoms. The molecule has 0 saturated heterocycles. The number of aromatic nitrogens is 3. The van der Waals surface area contributed by atoms with Crippen LogP contribution < -0.4 is 10.9 Å². The number of rotatable bonds is 5. The number of carbonyl (C=O) groups excluding carboxylic acids is 1. The van der Waals surface area contributed by atoms with Crippen LogP contribution in [0.25, 0.3) is 16.0 Å². The number of para-hydroxylation sites is 1. The van der Waals surface area contributed by atoms with Crippen LogP contribution in [0.2, 0.25) is 0 Å². The van der Waals surface area contributed by atoms with E-state index in [1.807, 2.05) is 61.7 Å². The van der Waals surface area contributed by atoms with Crippen molar-refractivity contribution < 1.29 is 4.79 Å². The summed E-state index contributed by atoms with van der Waals surface area (Å²) in [4.78, 5) is 34.6. The van der Waals surface area contributed by atoms with Gasteiger partial charge in [0.1, 0.15) is 5.82 Å². The fourth-order valence-electron chi connectivity index (χ4n) is 3.19. The SMILES string of the molecule is CCc1nc2ccccc2c(=O)n1-c1nc(CC(=O)Nc2cccc(C)c2)cs1. The van der Waals surface area contributed by atoms with Gasteiger partial charge in [0.2, 0.25) is 5.91 Å². The van der Waals surface area contributed by atoms with Gasteiger partial charge >= 0.3 is 0 Å². The number of thiazole rings is 1. The molecule has 4 rings (SSSR count). The summed E-state index contributed by atoms with van der Waals surface area (Å²) in [6.45, 7) is 3.93. The fraction of sp³-hybridized carbons (Fsp3) is 0.182. The Kier molecular flexibility index (Phi) is 5.22. The van der Waals surface area contributed by atoms with Crippen molar-refractivity contribution in [1.82, 2.24) is 14.5 Å². The first-order valence-corrected chi connectivity index (χ1v) is 10.2. The minimum atomic E-state index is -0.146. The first-order valence-electron chi connectivity index (χ1n) is 9.37. The Labute approximate surface area is 171 Å². The number of nitrogens with zero attached hydrogens (tertiary/aromatic N) is 3. The third kappa shape index (κ3) is 3.95. The van der Waals surface area contributed by atoms with Gasteiger partial charge in [-0.15, -0.1) is 11.3 Å². The van der Waals surface area contributed by atoms with Crippen molar-refractivity contribution in [3.63, 3.8) is 0 Å². The molecule has 2 heterocycles. The summed E-state index contributed by atoms with van der Waals surface area (Å²) < 4.78 is 1.55. The molecule has 146 valence electrons. The Hall–Kier alpha value is -3.32. The van der Waals surface area contributed by atoms with Crippen LogP contribution >= 0.6 is 11.3 Å². The first-order chi connectivity index (χ1) is 14.0. The van der Waals surface area contributed by atoms with Crippen LogP contribution in [0.15, 0.2) is 58.7 Å². The molecule has 0 radical (unpaired) electrons.